The fourth-order valence-corrected chi connectivity index (χ4v) is 4.72. The molecule has 1 heterocycles. The minimum absolute atomic E-state index is 0.0849. The molecule has 1 fully saturated rings. The molecule has 0 saturated carbocycles. The quantitative estimate of drug-likeness (QED) is 0.639. The molecule has 0 aromatic heterocycles. The highest BCUT2D eigenvalue weighted by Crippen LogP contribution is 2.25. The third-order valence-corrected chi connectivity index (χ3v) is 5.81. The topological polar surface area (TPSA) is 72.2 Å². The lowest BCUT2D eigenvalue weighted by Gasteiger charge is -2.19. The van der Waals surface area contributed by atoms with Gasteiger partial charge in [-0.15, -0.1) is 0 Å². The van der Waals surface area contributed by atoms with Crippen molar-refractivity contribution in [2.45, 2.75) is 25.3 Å². The Balaban J connectivity index is 2.01. The van der Waals surface area contributed by atoms with Crippen LogP contribution < -0.4 is 11.3 Å². The van der Waals surface area contributed by atoms with Crippen LogP contribution in [0.15, 0.2) is 18.2 Å². The highest BCUT2D eigenvalue weighted by atomic mass is 35.5. The monoisotopic (exact) mass is 320 g/mol. The van der Waals surface area contributed by atoms with Crippen LogP contribution in [0.25, 0.3) is 0 Å². The zero-order chi connectivity index (χ0) is 14.8. The molecule has 1 aliphatic rings. The summed E-state index contributed by atoms with van der Waals surface area (Å²) in [5.74, 6) is 5.58. The van der Waals surface area contributed by atoms with Gasteiger partial charge in [0.2, 0.25) is 0 Å². The van der Waals surface area contributed by atoms with Crippen molar-refractivity contribution in [3.05, 3.63) is 34.6 Å². The third kappa shape index (κ3) is 3.91. The zero-order valence-corrected chi connectivity index (χ0v) is 12.6. The van der Waals surface area contributed by atoms with Gasteiger partial charge >= 0.3 is 0 Å². The largest absolute Gasteiger partial charge is 0.271 e. The number of benzene rings is 1. The molecule has 1 aromatic rings. The fourth-order valence-electron chi connectivity index (χ4n) is 2.64. The predicted molar refractivity (Wildman–Crippen MR) is 77.6 cm³/mol. The number of rotatable bonds is 5. The molecule has 20 heavy (non-hydrogen) atoms. The molecule has 0 spiro atoms. The Hall–Kier alpha value is -0.690. The number of nitrogens with one attached hydrogen (secondary N) is 1. The van der Waals surface area contributed by atoms with Gasteiger partial charge in [0.25, 0.3) is 0 Å². The van der Waals surface area contributed by atoms with Gasteiger partial charge in [0, 0.05) is 6.04 Å². The summed E-state index contributed by atoms with van der Waals surface area (Å²) < 4.78 is 36.7. The van der Waals surface area contributed by atoms with Gasteiger partial charge in [0.1, 0.15) is 5.82 Å². The Kier molecular flexibility index (Phi) is 5.01. The second kappa shape index (κ2) is 6.39. The summed E-state index contributed by atoms with van der Waals surface area (Å²) in [4.78, 5) is 0. The van der Waals surface area contributed by atoms with Crippen molar-refractivity contribution >= 4 is 21.4 Å². The first kappa shape index (κ1) is 15.7. The van der Waals surface area contributed by atoms with Crippen molar-refractivity contribution in [3.8, 4) is 0 Å². The molecule has 2 unspecified atom stereocenters. The van der Waals surface area contributed by atoms with E-state index in [1.54, 1.807) is 12.1 Å². The highest BCUT2D eigenvalue weighted by Gasteiger charge is 2.29. The van der Waals surface area contributed by atoms with Gasteiger partial charge in [0.05, 0.1) is 16.5 Å². The van der Waals surface area contributed by atoms with Crippen LogP contribution in [0.3, 0.4) is 0 Å². The SMILES string of the molecule is NNC(Cc1cccc(Cl)c1F)CC1CCS(=O)(=O)C1. The Morgan fingerprint density at radius 2 is 2.25 bits per heavy atom. The van der Waals surface area contributed by atoms with Gasteiger partial charge < -0.3 is 0 Å². The highest BCUT2D eigenvalue weighted by molar-refractivity contribution is 7.91. The lowest BCUT2D eigenvalue weighted by atomic mass is 9.95. The van der Waals surface area contributed by atoms with E-state index in [4.69, 9.17) is 17.4 Å². The smallest absolute Gasteiger partial charge is 0.150 e. The minimum atomic E-state index is -2.90. The third-order valence-electron chi connectivity index (χ3n) is 3.68. The van der Waals surface area contributed by atoms with Crippen LogP contribution in [0.5, 0.6) is 0 Å². The van der Waals surface area contributed by atoms with Crippen LogP contribution in [0.1, 0.15) is 18.4 Å². The molecule has 7 heteroatoms. The van der Waals surface area contributed by atoms with E-state index in [0.717, 1.165) is 0 Å². The predicted octanol–water partition coefficient (Wildman–Crippen LogP) is 1.68. The number of hydrogen-bond donors (Lipinski definition) is 2. The van der Waals surface area contributed by atoms with Crippen molar-refractivity contribution in [1.82, 2.24) is 5.43 Å². The first-order valence-corrected chi connectivity index (χ1v) is 8.70. The van der Waals surface area contributed by atoms with Crippen molar-refractivity contribution in [3.63, 3.8) is 0 Å². The molecule has 2 atom stereocenters. The summed E-state index contributed by atoms with van der Waals surface area (Å²) in [6.45, 7) is 0. The van der Waals surface area contributed by atoms with E-state index < -0.39 is 15.7 Å². The number of hydrazine groups is 1. The van der Waals surface area contributed by atoms with Gasteiger partial charge in [0.15, 0.2) is 9.84 Å². The van der Waals surface area contributed by atoms with Gasteiger partial charge in [-0.3, -0.25) is 11.3 Å². The minimum Gasteiger partial charge on any atom is -0.271 e. The molecular formula is C13H18ClFN2O2S. The van der Waals surface area contributed by atoms with Crippen LogP contribution in [-0.4, -0.2) is 26.0 Å². The normalized spacial score (nSPS) is 22.9. The van der Waals surface area contributed by atoms with E-state index in [1.165, 1.54) is 6.07 Å². The van der Waals surface area contributed by atoms with E-state index in [-0.39, 0.29) is 28.5 Å². The molecule has 0 amide bonds. The number of nitrogens with two attached hydrogens (primary N) is 1. The van der Waals surface area contributed by atoms with E-state index in [1.807, 2.05) is 0 Å². The molecular weight excluding hydrogens is 303 g/mol. The number of sulfone groups is 1. The van der Waals surface area contributed by atoms with Gasteiger partial charge in [-0.25, -0.2) is 12.8 Å². The molecule has 0 radical (unpaired) electrons. The molecule has 1 aliphatic heterocycles. The van der Waals surface area contributed by atoms with Gasteiger partial charge in [-0.1, -0.05) is 23.7 Å². The van der Waals surface area contributed by atoms with Gasteiger partial charge in [-0.2, -0.15) is 0 Å². The summed E-state index contributed by atoms with van der Waals surface area (Å²) in [5.41, 5.74) is 3.13. The van der Waals surface area contributed by atoms with E-state index in [2.05, 4.69) is 5.43 Å². The van der Waals surface area contributed by atoms with Crippen molar-refractivity contribution in [1.29, 1.82) is 0 Å². The average Bonchev–Trinajstić information content (AvgIpc) is 2.73. The van der Waals surface area contributed by atoms with Crippen molar-refractivity contribution < 1.29 is 12.8 Å². The molecule has 2 rings (SSSR count). The Bertz CT molecular complexity index is 580. The van der Waals surface area contributed by atoms with Crippen molar-refractivity contribution in [2.75, 3.05) is 11.5 Å². The number of hydrogen-bond acceptors (Lipinski definition) is 4. The standard InChI is InChI=1S/C13H18ClFN2O2S/c14-12-3-1-2-10(13(12)15)7-11(17-16)6-9-4-5-20(18,19)8-9/h1-3,9,11,17H,4-8,16H2. The molecule has 1 saturated heterocycles. The summed E-state index contributed by atoms with van der Waals surface area (Å²) in [7, 11) is -2.90. The molecule has 112 valence electrons. The average molecular weight is 321 g/mol. The lowest BCUT2D eigenvalue weighted by molar-refractivity contribution is 0.404. The second-order valence-electron chi connectivity index (χ2n) is 5.29. The van der Waals surface area contributed by atoms with Crippen LogP contribution >= 0.6 is 11.6 Å². The Labute approximate surface area is 123 Å². The number of halogens is 2. The molecule has 4 nitrogen and oxygen atoms in total. The van der Waals surface area contributed by atoms with Gasteiger partial charge in [-0.05, 0) is 36.8 Å². The zero-order valence-electron chi connectivity index (χ0n) is 11.0. The molecule has 3 N–H and O–H groups in total. The maximum absolute atomic E-state index is 13.8. The Morgan fingerprint density at radius 1 is 1.50 bits per heavy atom. The summed E-state index contributed by atoms with van der Waals surface area (Å²) >= 11 is 5.74. The maximum atomic E-state index is 13.8. The van der Waals surface area contributed by atoms with E-state index >= 15 is 0 Å². The summed E-state index contributed by atoms with van der Waals surface area (Å²) in [6, 6.07) is 4.68. The van der Waals surface area contributed by atoms with Crippen LogP contribution in [0.4, 0.5) is 4.39 Å². The maximum Gasteiger partial charge on any atom is 0.150 e. The lowest BCUT2D eigenvalue weighted by Crippen LogP contribution is -2.38. The van der Waals surface area contributed by atoms with Crippen molar-refractivity contribution in [2.24, 2.45) is 11.8 Å². The summed E-state index contributed by atoms with van der Waals surface area (Å²) in [5, 5.41) is 0.0849. The van der Waals surface area contributed by atoms with Crippen LogP contribution in [0.2, 0.25) is 5.02 Å². The summed E-state index contributed by atoms with van der Waals surface area (Å²) in [6.07, 6.45) is 1.65. The molecule has 0 aliphatic carbocycles. The van der Waals surface area contributed by atoms with Crippen LogP contribution in [-0.2, 0) is 16.3 Å². The first-order valence-electron chi connectivity index (χ1n) is 6.50. The van der Waals surface area contributed by atoms with Crippen LogP contribution in [0, 0.1) is 11.7 Å². The first-order chi connectivity index (χ1) is 9.41. The Morgan fingerprint density at radius 3 is 2.85 bits per heavy atom. The molecule has 1 aromatic carbocycles. The molecule has 0 bridgehead atoms. The second-order valence-corrected chi connectivity index (χ2v) is 7.92. The van der Waals surface area contributed by atoms with E-state index in [0.29, 0.717) is 24.8 Å². The fraction of sp³-hybridized carbons (Fsp3) is 0.538. The van der Waals surface area contributed by atoms with E-state index in [9.17, 15) is 12.8 Å².